The molecule has 0 heterocycles. The predicted octanol–water partition coefficient (Wildman–Crippen LogP) is 3.12. The van der Waals surface area contributed by atoms with E-state index in [0.717, 1.165) is 5.56 Å². The van der Waals surface area contributed by atoms with Crippen molar-refractivity contribution in [3.8, 4) is 0 Å². The fraction of sp³-hybridized carbons (Fsp3) is 0.400. The molecule has 0 saturated carbocycles. The highest BCUT2D eigenvalue weighted by atomic mass is 14.0. The van der Waals surface area contributed by atoms with Gasteiger partial charge in [-0.25, -0.2) is 0 Å². The van der Waals surface area contributed by atoms with E-state index in [1.165, 1.54) is 6.92 Å². The van der Waals surface area contributed by atoms with Crippen LogP contribution in [-0.4, -0.2) is 0 Å². The molecule has 1 aromatic carbocycles. The molecular formula is C10H14. The van der Waals surface area contributed by atoms with Gasteiger partial charge in [0.2, 0.25) is 0 Å². The van der Waals surface area contributed by atoms with Gasteiger partial charge in [-0.05, 0) is 23.9 Å². The SMILES string of the molecule is [2H]C([2H])([2H])C([2H])(C)c1ccccc1C. The Hall–Kier alpha value is -0.780. The first-order valence-electron chi connectivity index (χ1n) is 5.33. The highest BCUT2D eigenvalue weighted by molar-refractivity contribution is 5.27. The Morgan fingerprint density at radius 3 is 2.80 bits per heavy atom. The van der Waals surface area contributed by atoms with Gasteiger partial charge in [-0.2, -0.15) is 0 Å². The number of benzene rings is 1. The Labute approximate surface area is 68.5 Å². The minimum absolute atomic E-state index is 0.569. The van der Waals surface area contributed by atoms with Crippen LogP contribution in [0.3, 0.4) is 0 Å². The van der Waals surface area contributed by atoms with Crippen molar-refractivity contribution in [2.24, 2.45) is 0 Å². The molecule has 0 aromatic heterocycles. The van der Waals surface area contributed by atoms with E-state index < -0.39 is 12.7 Å². The first-order chi connectivity index (χ1) is 6.27. The van der Waals surface area contributed by atoms with Crippen molar-refractivity contribution in [3.05, 3.63) is 35.4 Å². The Morgan fingerprint density at radius 2 is 2.20 bits per heavy atom. The van der Waals surface area contributed by atoms with E-state index >= 15 is 0 Å². The molecule has 0 saturated heterocycles. The summed E-state index contributed by atoms with van der Waals surface area (Å²) in [7, 11) is 0. The molecule has 0 bridgehead atoms. The molecule has 0 aliphatic rings. The Bertz CT molecular complexity index is 325. The summed E-state index contributed by atoms with van der Waals surface area (Å²) in [5, 5.41) is 0. The second-order valence-corrected chi connectivity index (χ2v) is 2.44. The largest absolute Gasteiger partial charge is 0.0620 e. The van der Waals surface area contributed by atoms with Gasteiger partial charge in [-0.1, -0.05) is 38.0 Å². The lowest BCUT2D eigenvalue weighted by Gasteiger charge is -2.07. The Morgan fingerprint density at radius 1 is 1.50 bits per heavy atom. The second-order valence-electron chi connectivity index (χ2n) is 2.44. The van der Waals surface area contributed by atoms with Crippen LogP contribution in [0.1, 0.15) is 36.3 Å². The Kier molecular flexibility index (Phi) is 1.02. The van der Waals surface area contributed by atoms with Gasteiger partial charge in [0.05, 0.1) is 0 Å². The molecule has 0 aliphatic heterocycles. The van der Waals surface area contributed by atoms with Crippen LogP contribution < -0.4 is 0 Å². The molecule has 0 amide bonds. The zero-order valence-electron chi connectivity index (χ0n) is 10.3. The summed E-state index contributed by atoms with van der Waals surface area (Å²) in [4.78, 5) is 0. The maximum atomic E-state index is 7.90. The number of aryl methyl sites for hydroxylation is 1. The zero-order chi connectivity index (χ0) is 11.0. The minimum atomic E-state index is -2.29. The van der Waals surface area contributed by atoms with Gasteiger partial charge in [-0.15, -0.1) is 0 Å². The van der Waals surface area contributed by atoms with Crippen LogP contribution in [0.2, 0.25) is 0 Å². The fourth-order valence-electron chi connectivity index (χ4n) is 0.994. The van der Waals surface area contributed by atoms with Crippen molar-refractivity contribution in [2.45, 2.75) is 26.6 Å². The predicted molar refractivity (Wildman–Crippen MR) is 45.3 cm³/mol. The molecule has 1 aromatic rings. The van der Waals surface area contributed by atoms with Crippen LogP contribution in [0.5, 0.6) is 0 Å². The van der Waals surface area contributed by atoms with Gasteiger partial charge < -0.3 is 0 Å². The van der Waals surface area contributed by atoms with E-state index in [0.29, 0.717) is 5.56 Å². The van der Waals surface area contributed by atoms with E-state index in [1.807, 2.05) is 19.1 Å². The Balaban J connectivity index is 3.23. The molecule has 0 fully saturated rings. The lowest BCUT2D eigenvalue weighted by atomic mass is 9.99. The smallest absolute Gasteiger partial charge is 0.0347 e. The molecule has 0 spiro atoms. The molecule has 0 N–H and O–H groups in total. The molecule has 1 atom stereocenters. The highest BCUT2D eigenvalue weighted by Crippen LogP contribution is 2.17. The maximum Gasteiger partial charge on any atom is 0.0347 e. The van der Waals surface area contributed by atoms with Crippen LogP contribution in [-0.2, 0) is 0 Å². The number of hydrogen-bond acceptors (Lipinski definition) is 0. The minimum Gasteiger partial charge on any atom is -0.0620 e. The van der Waals surface area contributed by atoms with E-state index in [4.69, 9.17) is 5.48 Å². The molecule has 0 radical (unpaired) electrons. The van der Waals surface area contributed by atoms with Crippen molar-refractivity contribution in [3.63, 3.8) is 0 Å². The summed E-state index contributed by atoms with van der Waals surface area (Å²) < 4.78 is 29.8. The third-order valence-corrected chi connectivity index (χ3v) is 1.55. The lowest BCUT2D eigenvalue weighted by molar-refractivity contribution is 0.856. The first kappa shape index (κ1) is 3.56. The molecule has 54 valence electrons. The standard InChI is InChI=1S/C10H14/c1-8(2)10-7-5-4-6-9(10)3/h4-8H,1-3H3/i1D3,8D. The third kappa shape index (κ3) is 1.38. The van der Waals surface area contributed by atoms with Gasteiger partial charge in [-0.3, -0.25) is 0 Å². The van der Waals surface area contributed by atoms with E-state index in [2.05, 4.69) is 0 Å². The third-order valence-electron chi connectivity index (χ3n) is 1.55. The summed E-state index contributed by atoms with van der Waals surface area (Å²) in [6.07, 6.45) is 0. The summed E-state index contributed by atoms with van der Waals surface area (Å²) >= 11 is 0. The number of hydrogen-bond donors (Lipinski definition) is 0. The topological polar surface area (TPSA) is 0 Å². The maximum absolute atomic E-state index is 7.90. The van der Waals surface area contributed by atoms with Gasteiger partial charge in [0.25, 0.3) is 0 Å². The van der Waals surface area contributed by atoms with Crippen molar-refractivity contribution >= 4 is 0 Å². The van der Waals surface area contributed by atoms with Crippen LogP contribution in [0, 0.1) is 6.92 Å². The van der Waals surface area contributed by atoms with Crippen molar-refractivity contribution in [2.75, 3.05) is 0 Å². The van der Waals surface area contributed by atoms with E-state index in [1.54, 1.807) is 12.1 Å². The lowest BCUT2D eigenvalue weighted by Crippen LogP contribution is -1.89. The second kappa shape index (κ2) is 2.87. The fourth-order valence-corrected chi connectivity index (χ4v) is 0.994. The molecule has 1 rings (SSSR count). The molecule has 0 nitrogen and oxygen atoms in total. The monoisotopic (exact) mass is 138 g/mol. The molecular weight excluding hydrogens is 120 g/mol. The van der Waals surface area contributed by atoms with Gasteiger partial charge in [0, 0.05) is 5.48 Å². The average Bonchev–Trinajstić information content (AvgIpc) is 2.02. The average molecular weight is 138 g/mol. The van der Waals surface area contributed by atoms with Crippen LogP contribution in [0.25, 0.3) is 0 Å². The van der Waals surface area contributed by atoms with Gasteiger partial charge in [0.15, 0.2) is 0 Å². The van der Waals surface area contributed by atoms with Gasteiger partial charge >= 0.3 is 0 Å². The van der Waals surface area contributed by atoms with Crippen LogP contribution >= 0.6 is 0 Å². The first-order valence-corrected chi connectivity index (χ1v) is 3.33. The zero-order valence-corrected chi connectivity index (χ0v) is 6.31. The summed E-state index contributed by atoms with van der Waals surface area (Å²) in [5.41, 5.74) is 1.42. The van der Waals surface area contributed by atoms with Crippen LogP contribution in [0.15, 0.2) is 24.3 Å². The summed E-state index contributed by atoms with van der Waals surface area (Å²) in [6.45, 7) is 0.968. The molecule has 1 unspecified atom stereocenters. The van der Waals surface area contributed by atoms with Gasteiger partial charge in [0.1, 0.15) is 0 Å². The quantitative estimate of drug-likeness (QED) is 0.559. The normalized spacial score (nSPS) is 23.4. The molecule has 0 aliphatic carbocycles. The molecule has 0 heteroatoms. The van der Waals surface area contributed by atoms with Crippen molar-refractivity contribution in [1.29, 1.82) is 0 Å². The van der Waals surface area contributed by atoms with Crippen molar-refractivity contribution in [1.82, 2.24) is 0 Å². The highest BCUT2D eigenvalue weighted by Gasteiger charge is 1.99. The number of rotatable bonds is 1. The van der Waals surface area contributed by atoms with E-state index in [-0.39, 0.29) is 0 Å². The molecule has 10 heavy (non-hydrogen) atoms. The van der Waals surface area contributed by atoms with Crippen molar-refractivity contribution < 1.29 is 5.48 Å². The van der Waals surface area contributed by atoms with Crippen LogP contribution in [0.4, 0.5) is 0 Å². The van der Waals surface area contributed by atoms with E-state index in [9.17, 15) is 0 Å². The summed E-state index contributed by atoms with van der Waals surface area (Å²) in [6, 6.07) is 7.14. The summed E-state index contributed by atoms with van der Waals surface area (Å²) in [5.74, 6) is -1.53.